The van der Waals surface area contributed by atoms with Crippen molar-refractivity contribution in [3.63, 3.8) is 0 Å². The van der Waals surface area contributed by atoms with Gasteiger partial charge >= 0.3 is 5.97 Å². The van der Waals surface area contributed by atoms with Crippen molar-refractivity contribution < 1.29 is 14.6 Å². The fraction of sp³-hybridized carbons (Fsp3) is 0.583. The molecule has 1 aromatic heterocycles. The van der Waals surface area contributed by atoms with Crippen LogP contribution < -0.4 is 10.1 Å². The van der Waals surface area contributed by atoms with Gasteiger partial charge in [-0.15, -0.1) is 0 Å². The molecule has 0 amide bonds. The minimum atomic E-state index is -0.836. The van der Waals surface area contributed by atoms with Crippen molar-refractivity contribution in [2.75, 3.05) is 5.32 Å². The van der Waals surface area contributed by atoms with E-state index in [1.165, 1.54) is 6.20 Å². The van der Waals surface area contributed by atoms with E-state index in [2.05, 4.69) is 15.3 Å². The fourth-order valence-electron chi connectivity index (χ4n) is 1.43. The van der Waals surface area contributed by atoms with Gasteiger partial charge in [0.15, 0.2) is 0 Å². The Bertz CT molecular complexity index is 396. The van der Waals surface area contributed by atoms with Crippen LogP contribution in [-0.4, -0.2) is 33.2 Å². The van der Waals surface area contributed by atoms with Gasteiger partial charge in [-0.05, 0) is 20.3 Å². The third kappa shape index (κ3) is 4.99. The van der Waals surface area contributed by atoms with Crippen LogP contribution in [-0.2, 0) is 4.79 Å². The van der Waals surface area contributed by atoms with Crippen LogP contribution in [0.3, 0.4) is 0 Å². The van der Waals surface area contributed by atoms with E-state index in [0.717, 1.165) is 0 Å². The summed E-state index contributed by atoms with van der Waals surface area (Å²) in [6.07, 6.45) is 3.85. The average Bonchev–Trinajstić information content (AvgIpc) is 2.27. The fourth-order valence-corrected chi connectivity index (χ4v) is 1.43. The first-order valence-corrected chi connectivity index (χ1v) is 5.98. The van der Waals surface area contributed by atoms with Crippen molar-refractivity contribution in [2.45, 2.75) is 45.8 Å². The number of aromatic nitrogens is 2. The average molecular weight is 253 g/mol. The van der Waals surface area contributed by atoms with Crippen LogP contribution in [0.4, 0.5) is 5.82 Å². The summed E-state index contributed by atoms with van der Waals surface area (Å²) in [7, 11) is 0. The lowest BCUT2D eigenvalue weighted by molar-refractivity contribution is -0.137. The van der Waals surface area contributed by atoms with E-state index >= 15 is 0 Å². The first kappa shape index (κ1) is 14.2. The van der Waals surface area contributed by atoms with Gasteiger partial charge in [-0.1, -0.05) is 6.92 Å². The highest BCUT2D eigenvalue weighted by Gasteiger charge is 2.12. The molecule has 0 aliphatic carbocycles. The molecular weight excluding hydrogens is 234 g/mol. The Kier molecular flexibility index (Phi) is 5.35. The van der Waals surface area contributed by atoms with Crippen molar-refractivity contribution in [2.24, 2.45) is 0 Å². The molecule has 6 heteroatoms. The van der Waals surface area contributed by atoms with Crippen molar-refractivity contribution in [3.05, 3.63) is 12.4 Å². The molecule has 100 valence electrons. The number of carboxylic acids is 1. The minimum Gasteiger partial charge on any atom is -0.481 e. The SMILES string of the molecule is CCC(CC(=O)O)Nc1cncc(OC(C)C)n1. The number of anilines is 1. The van der Waals surface area contributed by atoms with Gasteiger partial charge < -0.3 is 15.2 Å². The van der Waals surface area contributed by atoms with Gasteiger partial charge in [0.05, 0.1) is 24.9 Å². The molecule has 0 saturated carbocycles. The second kappa shape index (κ2) is 6.78. The van der Waals surface area contributed by atoms with E-state index in [9.17, 15) is 4.79 Å². The highest BCUT2D eigenvalue weighted by Crippen LogP contribution is 2.13. The Hall–Kier alpha value is -1.85. The Morgan fingerprint density at radius 2 is 2.22 bits per heavy atom. The molecule has 0 aliphatic rings. The molecule has 18 heavy (non-hydrogen) atoms. The van der Waals surface area contributed by atoms with E-state index in [1.807, 2.05) is 20.8 Å². The molecular formula is C12H19N3O3. The lowest BCUT2D eigenvalue weighted by Crippen LogP contribution is -2.23. The highest BCUT2D eigenvalue weighted by atomic mass is 16.5. The van der Waals surface area contributed by atoms with Crippen molar-refractivity contribution in [1.29, 1.82) is 0 Å². The third-order valence-corrected chi connectivity index (χ3v) is 2.23. The summed E-state index contributed by atoms with van der Waals surface area (Å²) in [6.45, 7) is 5.73. The van der Waals surface area contributed by atoms with E-state index in [0.29, 0.717) is 18.1 Å². The number of aliphatic carboxylic acids is 1. The van der Waals surface area contributed by atoms with Gasteiger partial charge in [0, 0.05) is 6.04 Å². The summed E-state index contributed by atoms with van der Waals surface area (Å²) < 4.78 is 5.42. The van der Waals surface area contributed by atoms with Gasteiger partial charge in [0.1, 0.15) is 5.82 Å². The topological polar surface area (TPSA) is 84.3 Å². The first-order chi connectivity index (χ1) is 8.51. The van der Waals surface area contributed by atoms with Crippen LogP contribution in [0, 0.1) is 0 Å². The molecule has 0 saturated heterocycles. The molecule has 0 spiro atoms. The highest BCUT2D eigenvalue weighted by molar-refractivity contribution is 5.68. The Morgan fingerprint density at radius 3 is 2.78 bits per heavy atom. The zero-order valence-electron chi connectivity index (χ0n) is 10.9. The lowest BCUT2D eigenvalue weighted by Gasteiger charge is -2.16. The number of carbonyl (C=O) groups is 1. The normalized spacial score (nSPS) is 12.2. The van der Waals surface area contributed by atoms with Crippen molar-refractivity contribution in [3.8, 4) is 5.88 Å². The van der Waals surface area contributed by atoms with E-state index in [-0.39, 0.29) is 18.6 Å². The molecule has 1 atom stereocenters. The van der Waals surface area contributed by atoms with Crippen LogP contribution in [0.2, 0.25) is 0 Å². The van der Waals surface area contributed by atoms with E-state index < -0.39 is 5.97 Å². The molecule has 0 radical (unpaired) electrons. The predicted molar refractivity (Wildman–Crippen MR) is 67.8 cm³/mol. The number of nitrogens with zero attached hydrogens (tertiary/aromatic N) is 2. The van der Waals surface area contributed by atoms with Gasteiger partial charge in [-0.25, -0.2) is 0 Å². The summed E-state index contributed by atoms with van der Waals surface area (Å²) >= 11 is 0. The molecule has 0 aromatic carbocycles. The Morgan fingerprint density at radius 1 is 1.50 bits per heavy atom. The Balaban J connectivity index is 2.67. The number of ether oxygens (including phenoxy) is 1. The number of hydrogen-bond donors (Lipinski definition) is 2. The monoisotopic (exact) mass is 253 g/mol. The quantitative estimate of drug-likeness (QED) is 0.772. The summed E-state index contributed by atoms with van der Waals surface area (Å²) in [6, 6.07) is -0.161. The Labute approximate surface area is 106 Å². The molecule has 0 bridgehead atoms. The van der Waals surface area contributed by atoms with Crippen LogP contribution in [0.25, 0.3) is 0 Å². The van der Waals surface area contributed by atoms with Crippen molar-refractivity contribution in [1.82, 2.24) is 9.97 Å². The standard InChI is InChI=1S/C12H19N3O3/c1-4-9(5-12(16)17)14-10-6-13-7-11(15-10)18-8(2)3/h6-9H,4-5H2,1-3H3,(H,14,15)(H,16,17). The summed E-state index contributed by atoms with van der Waals surface area (Å²) in [5, 5.41) is 11.8. The number of nitrogens with one attached hydrogen (secondary N) is 1. The number of rotatable bonds is 7. The zero-order chi connectivity index (χ0) is 13.5. The minimum absolute atomic E-state index is 0.0236. The first-order valence-electron chi connectivity index (χ1n) is 5.98. The van der Waals surface area contributed by atoms with Crippen LogP contribution in [0.5, 0.6) is 5.88 Å². The van der Waals surface area contributed by atoms with Gasteiger partial charge in [-0.3, -0.25) is 9.78 Å². The second-order valence-corrected chi connectivity index (χ2v) is 4.26. The maximum atomic E-state index is 10.7. The molecule has 6 nitrogen and oxygen atoms in total. The summed E-state index contributed by atoms with van der Waals surface area (Å²) in [5.41, 5.74) is 0. The smallest absolute Gasteiger partial charge is 0.305 e. The summed E-state index contributed by atoms with van der Waals surface area (Å²) in [4.78, 5) is 18.9. The third-order valence-electron chi connectivity index (χ3n) is 2.23. The number of carboxylic acid groups (broad SMARTS) is 1. The zero-order valence-corrected chi connectivity index (χ0v) is 10.9. The van der Waals surface area contributed by atoms with Crippen molar-refractivity contribution >= 4 is 11.8 Å². The molecule has 1 unspecified atom stereocenters. The van der Waals surface area contributed by atoms with Crippen LogP contribution >= 0.6 is 0 Å². The van der Waals surface area contributed by atoms with Crippen LogP contribution in [0.15, 0.2) is 12.4 Å². The van der Waals surface area contributed by atoms with Gasteiger partial charge in [0.2, 0.25) is 5.88 Å². The molecule has 1 aromatic rings. The van der Waals surface area contributed by atoms with E-state index in [1.54, 1.807) is 6.20 Å². The second-order valence-electron chi connectivity index (χ2n) is 4.26. The molecule has 1 rings (SSSR count). The molecule has 0 fully saturated rings. The maximum Gasteiger partial charge on any atom is 0.305 e. The lowest BCUT2D eigenvalue weighted by atomic mass is 10.1. The molecule has 1 heterocycles. The van der Waals surface area contributed by atoms with Gasteiger partial charge in [0.25, 0.3) is 0 Å². The van der Waals surface area contributed by atoms with Gasteiger partial charge in [-0.2, -0.15) is 4.98 Å². The maximum absolute atomic E-state index is 10.7. The van der Waals surface area contributed by atoms with Crippen LogP contribution in [0.1, 0.15) is 33.6 Å². The summed E-state index contributed by atoms with van der Waals surface area (Å²) in [5.74, 6) is 0.123. The number of hydrogen-bond acceptors (Lipinski definition) is 5. The molecule has 2 N–H and O–H groups in total. The molecule has 0 aliphatic heterocycles. The largest absolute Gasteiger partial charge is 0.481 e. The predicted octanol–water partition coefficient (Wildman–Crippen LogP) is 1.93. The van der Waals surface area contributed by atoms with E-state index in [4.69, 9.17) is 9.84 Å².